The highest BCUT2D eigenvalue weighted by atomic mass is 16.5. The van der Waals surface area contributed by atoms with E-state index in [0.29, 0.717) is 24.2 Å². The summed E-state index contributed by atoms with van der Waals surface area (Å²) in [5.74, 6) is 5.64. The topological polar surface area (TPSA) is 72.5 Å². The molecule has 29 heavy (non-hydrogen) atoms. The number of rotatable bonds is 3. The smallest absolute Gasteiger partial charge is 0.222 e. The van der Waals surface area contributed by atoms with Crippen LogP contribution in [0.1, 0.15) is 68.1 Å². The Kier molecular flexibility index (Phi) is 6.12. The Balaban J connectivity index is 1.85. The van der Waals surface area contributed by atoms with E-state index in [2.05, 4.69) is 17.2 Å². The number of aryl methyl sites for hydroxylation is 1. The quantitative estimate of drug-likeness (QED) is 0.630. The molecule has 0 radical (unpaired) electrons. The monoisotopic (exact) mass is 395 g/mol. The average Bonchev–Trinajstić information content (AvgIpc) is 2.69. The van der Waals surface area contributed by atoms with Crippen LogP contribution in [0.15, 0.2) is 12.1 Å². The van der Waals surface area contributed by atoms with E-state index in [1.165, 1.54) is 0 Å². The molecule has 1 aromatic rings. The van der Waals surface area contributed by atoms with Gasteiger partial charge in [0.25, 0.3) is 0 Å². The zero-order chi connectivity index (χ0) is 21.2. The van der Waals surface area contributed by atoms with Gasteiger partial charge in [-0.25, -0.2) is 0 Å². The van der Waals surface area contributed by atoms with E-state index in [9.17, 15) is 14.4 Å². The molecule has 1 spiro atoms. The first kappa shape index (κ1) is 21.1. The minimum atomic E-state index is -0.768. The van der Waals surface area contributed by atoms with Crippen molar-refractivity contribution in [1.29, 1.82) is 0 Å². The zero-order valence-corrected chi connectivity index (χ0v) is 17.7. The first-order valence-electron chi connectivity index (χ1n) is 10.2. The van der Waals surface area contributed by atoms with Crippen molar-refractivity contribution in [1.82, 2.24) is 5.32 Å². The molecule has 0 unspecified atom stereocenters. The molecule has 0 heterocycles. The van der Waals surface area contributed by atoms with Crippen LogP contribution < -0.4 is 10.1 Å². The van der Waals surface area contributed by atoms with E-state index in [0.717, 1.165) is 36.8 Å². The van der Waals surface area contributed by atoms with Gasteiger partial charge in [0, 0.05) is 36.9 Å². The third-order valence-electron chi connectivity index (χ3n) is 6.53. The predicted molar refractivity (Wildman–Crippen MR) is 111 cm³/mol. The van der Waals surface area contributed by atoms with Crippen LogP contribution >= 0.6 is 0 Å². The van der Waals surface area contributed by atoms with Crippen LogP contribution in [-0.2, 0) is 14.4 Å². The van der Waals surface area contributed by atoms with E-state index >= 15 is 0 Å². The summed E-state index contributed by atoms with van der Waals surface area (Å²) < 4.78 is 5.54. The molecule has 2 aliphatic rings. The maximum atomic E-state index is 13.2. The van der Waals surface area contributed by atoms with Crippen molar-refractivity contribution in [2.24, 2.45) is 11.3 Å². The molecule has 0 bridgehead atoms. The summed E-state index contributed by atoms with van der Waals surface area (Å²) in [7, 11) is 3.21. The fourth-order valence-corrected chi connectivity index (χ4v) is 5.08. The lowest BCUT2D eigenvalue weighted by Gasteiger charge is -2.43. The van der Waals surface area contributed by atoms with Gasteiger partial charge >= 0.3 is 0 Å². The number of ketones is 2. The van der Waals surface area contributed by atoms with Crippen molar-refractivity contribution in [2.75, 3.05) is 14.2 Å². The number of benzene rings is 1. The second-order valence-corrected chi connectivity index (χ2v) is 8.39. The van der Waals surface area contributed by atoms with E-state index in [4.69, 9.17) is 4.74 Å². The molecule has 0 aromatic heterocycles. The van der Waals surface area contributed by atoms with E-state index in [1.807, 2.05) is 13.0 Å². The maximum Gasteiger partial charge on any atom is 0.222 e. The van der Waals surface area contributed by atoms with Crippen molar-refractivity contribution in [3.8, 4) is 17.6 Å². The molecule has 154 valence electrons. The Bertz CT molecular complexity index is 877. The first-order chi connectivity index (χ1) is 13.8. The number of carbonyl (C=O) groups is 3. The summed E-state index contributed by atoms with van der Waals surface area (Å²) >= 11 is 0. The number of carbonyl (C=O) groups excluding carboxylic acids is 3. The van der Waals surface area contributed by atoms with Crippen LogP contribution in [0.3, 0.4) is 0 Å². The Morgan fingerprint density at radius 3 is 2.31 bits per heavy atom. The van der Waals surface area contributed by atoms with Crippen molar-refractivity contribution in [3.63, 3.8) is 0 Å². The first-order valence-corrected chi connectivity index (χ1v) is 10.2. The number of methoxy groups -OCH3 is 1. The zero-order valence-electron chi connectivity index (χ0n) is 17.7. The van der Waals surface area contributed by atoms with Gasteiger partial charge < -0.3 is 10.1 Å². The Labute approximate surface area is 172 Å². The molecule has 2 saturated carbocycles. The third-order valence-corrected chi connectivity index (χ3v) is 6.53. The number of Topliss-reactive ketones (excluding diaryl/α,β-unsaturated/α-hetero) is 2. The average molecular weight is 395 g/mol. The molecule has 1 amide bonds. The van der Waals surface area contributed by atoms with Crippen LogP contribution in [-0.4, -0.2) is 31.6 Å². The third kappa shape index (κ3) is 4.07. The molecule has 0 saturated heterocycles. The summed E-state index contributed by atoms with van der Waals surface area (Å²) in [5.41, 5.74) is 2.06. The lowest BCUT2D eigenvalue weighted by Crippen LogP contribution is -2.43. The molecule has 5 heteroatoms. The van der Waals surface area contributed by atoms with Gasteiger partial charge in [0.1, 0.15) is 23.2 Å². The Morgan fingerprint density at radius 2 is 1.79 bits per heavy atom. The Morgan fingerprint density at radius 1 is 1.17 bits per heavy atom. The van der Waals surface area contributed by atoms with E-state index in [-0.39, 0.29) is 28.8 Å². The second-order valence-electron chi connectivity index (χ2n) is 8.39. The van der Waals surface area contributed by atoms with Crippen molar-refractivity contribution >= 4 is 17.5 Å². The minimum absolute atomic E-state index is 0.0110. The van der Waals surface area contributed by atoms with Crippen molar-refractivity contribution < 1.29 is 19.1 Å². The summed E-state index contributed by atoms with van der Waals surface area (Å²) in [6.45, 7) is 3.67. The number of amides is 1. The number of hydrogen-bond donors (Lipinski definition) is 1. The van der Waals surface area contributed by atoms with Gasteiger partial charge in [0.2, 0.25) is 5.91 Å². The lowest BCUT2D eigenvalue weighted by molar-refractivity contribution is -0.138. The fraction of sp³-hybridized carbons (Fsp3) is 0.542. The predicted octanol–water partition coefficient (Wildman–Crippen LogP) is 3.31. The summed E-state index contributed by atoms with van der Waals surface area (Å²) in [5, 5.41) is 2.71. The molecule has 0 atom stereocenters. The number of ether oxygens (including phenoxy) is 1. The van der Waals surface area contributed by atoms with E-state index < -0.39 is 5.92 Å². The van der Waals surface area contributed by atoms with Gasteiger partial charge in [0.15, 0.2) is 0 Å². The molecule has 5 nitrogen and oxygen atoms in total. The van der Waals surface area contributed by atoms with Gasteiger partial charge in [-0.15, -0.1) is 5.92 Å². The molecular formula is C24H29NO4. The fourth-order valence-electron chi connectivity index (χ4n) is 5.08. The summed E-state index contributed by atoms with van der Waals surface area (Å²) in [6.07, 6.45) is 3.74. The molecule has 0 aliphatic heterocycles. The van der Waals surface area contributed by atoms with Crippen LogP contribution in [0.2, 0.25) is 0 Å². The molecule has 2 aliphatic carbocycles. The van der Waals surface area contributed by atoms with Gasteiger partial charge in [-0.05, 0) is 62.6 Å². The van der Waals surface area contributed by atoms with Gasteiger partial charge in [-0.3, -0.25) is 14.4 Å². The standard InChI is InChI=1S/C24H29NO4/c1-5-6-16-11-15(2)21(20(12-16)29-4)22-18(26)13-24(14-19(22)27)9-7-17(8-10-24)23(28)25-3/h11-12,17,22H,7-10,13-14H2,1-4H3,(H,25,28). The summed E-state index contributed by atoms with van der Waals surface area (Å²) in [4.78, 5) is 38.3. The SMILES string of the molecule is CC#Cc1cc(C)c(C2C(=O)CC3(CCC(C(=O)NC)CC3)CC2=O)c(OC)c1. The van der Waals surface area contributed by atoms with Crippen molar-refractivity contribution in [2.45, 2.75) is 58.3 Å². The highest BCUT2D eigenvalue weighted by Crippen LogP contribution is 2.50. The lowest BCUT2D eigenvalue weighted by atomic mass is 9.59. The summed E-state index contributed by atoms with van der Waals surface area (Å²) in [6, 6.07) is 3.71. The van der Waals surface area contributed by atoms with Crippen molar-refractivity contribution in [3.05, 3.63) is 28.8 Å². The Hall–Kier alpha value is -2.61. The number of hydrogen-bond acceptors (Lipinski definition) is 4. The van der Waals surface area contributed by atoms with Crippen LogP contribution in [0.5, 0.6) is 5.75 Å². The van der Waals surface area contributed by atoms with E-state index in [1.54, 1.807) is 27.1 Å². The normalized spacial score (nSPS) is 26.6. The molecular weight excluding hydrogens is 366 g/mol. The second kappa shape index (κ2) is 8.41. The van der Waals surface area contributed by atoms with Gasteiger partial charge in [-0.2, -0.15) is 0 Å². The molecule has 3 rings (SSSR count). The number of nitrogens with one attached hydrogen (secondary N) is 1. The van der Waals surface area contributed by atoms with Crippen LogP contribution in [0.25, 0.3) is 0 Å². The highest BCUT2D eigenvalue weighted by Gasteiger charge is 2.48. The van der Waals surface area contributed by atoms with Gasteiger partial charge in [-0.1, -0.05) is 5.92 Å². The largest absolute Gasteiger partial charge is 0.496 e. The maximum absolute atomic E-state index is 13.2. The minimum Gasteiger partial charge on any atom is -0.496 e. The van der Waals surface area contributed by atoms with Gasteiger partial charge in [0.05, 0.1) is 7.11 Å². The van der Waals surface area contributed by atoms with Crippen LogP contribution in [0.4, 0.5) is 0 Å². The molecule has 1 aromatic carbocycles. The highest BCUT2D eigenvalue weighted by molar-refractivity contribution is 6.11. The molecule has 1 N–H and O–H groups in total. The molecule has 2 fully saturated rings. The van der Waals surface area contributed by atoms with Crippen LogP contribution in [0, 0.1) is 30.1 Å².